The third kappa shape index (κ3) is 8.19. The zero-order chi connectivity index (χ0) is 30.3. The molecule has 4 rings (SSSR count). The summed E-state index contributed by atoms with van der Waals surface area (Å²) in [5.41, 5.74) is -1.13. The van der Waals surface area contributed by atoms with E-state index in [4.69, 9.17) is 4.74 Å². The van der Waals surface area contributed by atoms with Crippen LogP contribution >= 0.6 is 0 Å². The van der Waals surface area contributed by atoms with E-state index in [9.17, 15) is 31.9 Å². The number of hydrogen-bond acceptors (Lipinski definition) is 5. The van der Waals surface area contributed by atoms with Crippen LogP contribution in [0.2, 0.25) is 0 Å². The summed E-state index contributed by atoms with van der Waals surface area (Å²) in [5, 5.41) is 5.01. The van der Waals surface area contributed by atoms with Crippen molar-refractivity contribution in [1.29, 1.82) is 0 Å². The predicted molar refractivity (Wildman–Crippen MR) is 150 cm³/mol. The van der Waals surface area contributed by atoms with E-state index >= 15 is 0 Å². The average Bonchev–Trinajstić information content (AvgIpc) is 2.94. The Balaban J connectivity index is 1.46. The van der Waals surface area contributed by atoms with E-state index in [1.807, 2.05) is 0 Å². The van der Waals surface area contributed by atoms with Gasteiger partial charge in [0.15, 0.2) is 0 Å². The minimum atomic E-state index is -4.76. The first kappa shape index (κ1) is 30.8. The van der Waals surface area contributed by atoms with E-state index < -0.39 is 35.8 Å². The molecule has 0 aliphatic carbocycles. The molecule has 2 heterocycles. The lowest BCUT2D eigenvalue weighted by atomic mass is 10.0. The number of amides is 2. The summed E-state index contributed by atoms with van der Waals surface area (Å²) < 4.78 is 61.2. The van der Waals surface area contributed by atoms with Crippen molar-refractivity contribution in [2.45, 2.75) is 38.8 Å². The molecule has 12 heteroatoms. The van der Waals surface area contributed by atoms with Gasteiger partial charge < -0.3 is 25.3 Å². The number of likely N-dealkylation sites (tertiary alicyclic amines) is 1. The monoisotopic (exact) mass is 588 g/mol. The number of rotatable bonds is 10. The molecule has 0 bridgehead atoms. The maximum absolute atomic E-state index is 15.0. The Morgan fingerprint density at radius 1 is 1.05 bits per heavy atom. The Bertz CT molecular complexity index is 1480. The second-order valence-electron chi connectivity index (χ2n) is 9.99. The number of benzene rings is 2. The van der Waals surface area contributed by atoms with Crippen LogP contribution in [0.15, 0.2) is 53.5 Å². The first-order chi connectivity index (χ1) is 20.0. The van der Waals surface area contributed by atoms with Crippen molar-refractivity contribution in [3.05, 3.63) is 81.5 Å². The Morgan fingerprint density at radius 3 is 2.50 bits per heavy atom. The molecule has 2 amide bonds. The minimum Gasteiger partial charge on any atom is -0.493 e. The lowest BCUT2D eigenvalue weighted by molar-refractivity contribution is -0.137. The largest absolute Gasteiger partial charge is 0.493 e. The summed E-state index contributed by atoms with van der Waals surface area (Å²) in [4.78, 5) is 41.8. The maximum Gasteiger partial charge on any atom is 0.416 e. The second-order valence-corrected chi connectivity index (χ2v) is 9.99. The van der Waals surface area contributed by atoms with E-state index in [1.165, 1.54) is 24.4 Å². The highest BCUT2D eigenvalue weighted by Crippen LogP contribution is 2.33. The Labute approximate surface area is 240 Å². The fourth-order valence-corrected chi connectivity index (χ4v) is 4.80. The number of pyridine rings is 1. The van der Waals surface area contributed by atoms with Gasteiger partial charge >= 0.3 is 6.18 Å². The Morgan fingerprint density at radius 2 is 1.81 bits per heavy atom. The van der Waals surface area contributed by atoms with Crippen molar-refractivity contribution < 1.29 is 31.9 Å². The van der Waals surface area contributed by atoms with Gasteiger partial charge in [-0.05, 0) is 68.2 Å². The lowest BCUT2D eigenvalue weighted by Crippen LogP contribution is -2.37. The van der Waals surface area contributed by atoms with Crippen LogP contribution in [0.5, 0.6) is 5.75 Å². The molecular formula is C30H32F4N4O4. The molecule has 224 valence electrons. The molecule has 1 aliphatic rings. The van der Waals surface area contributed by atoms with E-state index in [2.05, 4.69) is 20.5 Å². The van der Waals surface area contributed by atoms with Crippen molar-refractivity contribution in [1.82, 2.24) is 15.2 Å². The number of nitrogens with zero attached hydrogens (tertiary/aromatic N) is 1. The molecule has 1 fully saturated rings. The number of H-pyrrole nitrogens is 1. The van der Waals surface area contributed by atoms with Crippen molar-refractivity contribution >= 4 is 17.5 Å². The fraction of sp³-hybridized carbons (Fsp3) is 0.367. The molecule has 1 aliphatic heterocycles. The van der Waals surface area contributed by atoms with Gasteiger partial charge in [-0.1, -0.05) is 18.6 Å². The Hall–Kier alpha value is -4.19. The topological polar surface area (TPSA) is 104 Å². The number of nitrogens with one attached hydrogen (secondary N) is 3. The smallest absolute Gasteiger partial charge is 0.416 e. The molecular weight excluding hydrogens is 556 g/mol. The third-order valence-corrected chi connectivity index (χ3v) is 6.87. The lowest BCUT2D eigenvalue weighted by Gasteiger charge is -2.26. The number of carbonyl (C=O) groups is 2. The highest BCUT2D eigenvalue weighted by atomic mass is 19.4. The van der Waals surface area contributed by atoms with Crippen LogP contribution in [0.3, 0.4) is 0 Å². The average molecular weight is 589 g/mol. The van der Waals surface area contributed by atoms with Gasteiger partial charge in [-0.25, -0.2) is 4.39 Å². The molecule has 0 unspecified atom stereocenters. The molecule has 3 aromatic rings. The highest BCUT2D eigenvalue weighted by molar-refractivity contribution is 5.98. The molecule has 1 saturated heterocycles. The van der Waals surface area contributed by atoms with E-state index in [1.54, 1.807) is 13.0 Å². The number of hydrogen-bond donors (Lipinski definition) is 3. The second kappa shape index (κ2) is 13.6. The van der Waals surface area contributed by atoms with Gasteiger partial charge in [0.2, 0.25) is 5.91 Å². The highest BCUT2D eigenvalue weighted by Gasteiger charge is 2.32. The van der Waals surface area contributed by atoms with Crippen molar-refractivity contribution in [3.63, 3.8) is 0 Å². The normalized spacial score (nSPS) is 13.9. The van der Waals surface area contributed by atoms with Crippen molar-refractivity contribution in [3.8, 4) is 16.9 Å². The van der Waals surface area contributed by atoms with Gasteiger partial charge in [-0.2, -0.15) is 13.2 Å². The van der Waals surface area contributed by atoms with Crippen LogP contribution in [-0.4, -0.2) is 54.5 Å². The first-order valence-corrected chi connectivity index (χ1v) is 13.7. The molecule has 8 nitrogen and oxygen atoms in total. The van der Waals surface area contributed by atoms with Gasteiger partial charge in [-0.3, -0.25) is 14.4 Å². The van der Waals surface area contributed by atoms with Gasteiger partial charge in [0.25, 0.3) is 11.5 Å². The molecule has 2 aromatic carbocycles. The molecule has 0 atom stereocenters. The number of piperidine rings is 1. The molecule has 1 aromatic heterocycles. The van der Waals surface area contributed by atoms with Gasteiger partial charge in [-0.15, -0.1) is 0 Å². The number of alkyl halides is 3. The molecule has 3 N–H and O–H groups in total. The summed E-state index contributed by atoms with van der Waals surface area (Å²) in [5.74, 6) is -1.92. The first-order valence-electron chi connectivity index (χ1n) is 13.7. The fourth-order valence-electron chi connectivity index (χ4n) is 4.80. The molecule has 0 spiro atoms. The minimum absolute atomic E-state index is 0.00119. The van der Waals surface area contributed by atoms with E-state index in [-0.39, 0.29) is 41.3 Å². The van der Waals surface area contributed by atoms with E-state index in [0.717, 1.165) is 50.6 Å². The van der Waals surface area contributed by atoms with E-state index in [0.29, 0.717) is 17.7 Å². The number of aromatic amines is 1. The zero-order valence-corrected chi connectivity index (χ0v) is 23.1. The van der Waals surface area contributed by atoms with Crippen LogP contribution in [-0.2, 0) is 17.4 Å². The number of ether oxygens (including phenoxy) is 1. The summed E-state index contributed by atoms with van der Waals surface area (Å²) in [6, 6.07) is 7.96. The quantitative estimate of drug-likeness (QED) is 0.290. The maximum atomic E-state index is 15.0. The standard InChI is InChI=1S/C30H32F4N4O4/c1-2-42-26-17-27(39)36-18-24(26)19-6-7-20(25(31)14-19)15-28(40)37-23-13-21(12-22(16-23)30(32,33)34)29(41)35-8-11-38-9-4-3-5-10-38/h6-7,12-14,16-18H,2-5,8-11,15H2,1H3,(H,35,41)(H,36,39)(H,37,40). The summed E-state index contributed by atoms with van der Waals surface area (Å²) in [6.45, 7) is 4.73. The molecule has 42 heavy (non-hydrogen) atoms. The van der Waals surface area contributed by atoms with Crippen molar-refractivity contribution in [2.75, 3.05) is 38.1 Å². The van der Waals surface area contributed by atoms with Crippen LogP contribution in [0, 0.1) is 5.82 Å². The van der Waals surface area contributed by atoms with Gasteiger partial charge in [0.05, 0.1) is 18.6 Å². The van der Waals surface area contributed by atoms with Gasteiger partial charge in [0, 0.05) is 42.2 Å². The number of aromatic nitrogens is 1. The SMILES string of the molecule is CCOc1cc(=O)[nH]cc1-c1ccc(CC(=O)Nc2cc(C(=O)NCCN3CCCCC3)cc(C(F)(F)F)c2)c(F)c1. The van der Waals surface area contributed by atoms with Crippen LogP contribution in [0.1, 0.15) is 47.7 Å². The number of anilines is 1. The van der Waals surface area contributed by atoms with Crippen molar-refractivity contribution in [2.24, 2.45) is 0 Å². The summed E-state index contributed by atoms with van der Waals surface area (Å²) >= 11 is 0. The van der Waals surface area contributed by atoms with Crippen LogP contribution < -0.4 is 20.9 Å². The zero-order valence-electron chi connectivity index (χ0n) is 23.1. The third-order valence-electron chi connectivity index (χ3n) is 6.87. The summed E-state index contributed by atoms with van der Waals surface area (Å²) in [6.07, 6.45) is -0.530. The number of carbonyl (C=O) groups excluding carboxylic acids is 2. The summed E-state index contributed by atoms with van der Waals surface area (Å²) in [7, 11) is 0. The van der Waals surface area contributed by atoms with Gasteiger partial charge in [0.1, 0.15) is 11.6 Å². The molecule has 0 radical (unpaired) electrons. The Kier molecular flexibility index (Phi) is 10.00. The van der Waals surface area contributed by atoms with Crippen LogP contribution in [0.25, 0.3) is 11.1 Å². The molecule has 0 saturated carbocycles. The predicted octanol–water partition coefficient (Wildman–Crippen LogP) is 5.00. The number of halogens is 4. The van der Waals surface area contributed by atoms with Crippen LogP contribution in [0.4, 0.5) is 23.2 Å².